The van der Waals surface area contributed by atoms with Gasteiger partial charge in [-0.1, -0.05) is 32.1 Å². The van der Waals surface area contributed by atoms with Gasteiger partial charge in [0.25, 0.3) is 0 Å². The van der Waals surface area contributed by atoms with Gasteiger partial charge < -0.3 is 8.92 Å². The summed E-state index contributed by atoms with van der Waals surface area (Å²) < 4.78 is 29.8. The van der Waals surface area contributed by atoms with E-state index in [0.717, 1.165) is 44.2 Å². The maximum Gasteiger partial charge on any atom is 0.524 e. The lowest BCUT2D eigenvalue weighted by atomic mass is 10.1. The summed E-state index contributed by atoms with van der Waals surface area (Å²) in [5.41, 5.74) is 0. The first-order valence-corrected chi connectivity index (χ1v) is 8.43. The van der Waals surface area contributed by atoms with Crippen LogP contribution in [0.5, 0.6) is 0 Å². The predicted molar refractivity (Wildman–Crippen MR) is 70.3 cm³/mol. The fourth-order valence-electron chi connectivity index (χ4n) is 1.38. The van der Waals surface area contributed by atoms with E-state index in [-0.39, 0.29) is 6.61 Å². The van der Waals surface area contributed by atoms with E-state index in [9.17, 15) is 13.2 Å². The Kier molecular flexibility index (Phi) is 10.2. The van der Waals surface area contributed by atoms with Crippen molar-refractivity contribution in [3.63, 3.8) is 0 Å². The maximum atomic E-state index is 10.8. The van der Waals surface area contributed by atoms with E-state index in [1.165, 1.54) is 6.42 Å². The molecule has 0 heterocycles. The average Bonchev–Trinajstić information content (AvgIpc) is 2.24. The van der Waals surface area contributed by atoms with Crippen LogP contribution in [0, 0.1) is 0 Å². The van der Waals surface area contributed by atoms with Crippen molar-refractivity contribution in [3.05, 3.63) is 0 Å². The van der Waals surface area contributed by atoms with Crippen molar-refractivity contribution in [3.8, 4) is 0 Å². The van der Waals surface area contributed by atoms with Crippen molar-refractivity contribution in [2.45, 2.75) is 44.9 Å². The van der Waals surface area contributed by atoms with Crippen LogP contribution in [0.1, 0.15) is 44.9 Å². The Morgan fingerprint density at radius 3 is 2.00 bits per heavy atom. The van der Waals surface area contributed by atoms with E-state index in [4.69, 9.17) is 11.6 Å². The number of unbranched alkanes of at least 4 members (excludes halogenated alkanes) is 6. The van der Waals surface area contributed by atoms with Crippen molar-refractivity contribution >= 4 is 27.9 Å². The van der Waals surface area contributed by atoms with Gasteiger partial charge in [-0.05, 0) is 12.8 Å². The molecule has 0 atom stereocenters. The molecular weight excluding hydrogens is 280 g/mol. The molecule has 0 amide bonds. The molecule has 0 radical (unpaired) electrons. The van der Waals surface area contributed by atoms with Gasteiger partial charge in [0.15, 0.2) is 0 Å². The second-order valence-electron chi connectivity index (χ2n) is 4.05. The minimum atomic E-state index is -3.77. The zero-order valence-corrected chi connectivity index (χ0v) is 12.3. The molecule has 0 saturated carbocycles. The van der Waals surface area contributed by atoms with Crippen LogP contribution in [-0.2, 0) is 19.0 Å². The molecule has 0 aliphatic rings. The average molecular weight is 301 g/mol. The van der Waals surface area contributed by atoms with Gasteiger partial charge in [0.2, 0.25) is 0 Å². The molecule has 108 valence electrons. The lowest BCUT2D eigenvalue weighted by Crippen LogP contribution is -2.13. The Hall–Kier alpha value is -0.490. The molecule has 0 aromatic heterocycles. The van der Waals surface area contributed by atoms with Crippen molar-refractivity contribution in [2.24, 2.45) is 0 Å². The highest BCUT2D eigenvalue weighted by Crippen LogP contribution is 2.08. The van der Waals surface area contributed by atoms with Crippen molar-refractivity contribution in [1.29, 1.82) is 0 Å². The Bertz CT molecular complexity index is 315. The van der Waals surface area contributed by atoms with Crippen LogP contribution in [0.4, 0.5) is 4.79 Å². The molecule has 0 aliphatic heterocycles. The molecule has 0 unspecified atom stereocenters. The van der Waals surface area contributed by atoms with E-state index < -0.39 is 16.3 Å². The van der Waals surface area contributed by atoms with Gasteiger partial charge in [-0.3, -0.25) is 0 Å². The van der Waals surface area contributed by atoms with E-state index in [1.807, 2.05) is 0 Å². The molecule has 18 heavy (non-hydrogen) atoms. The van der Waals surface area contributed by atoms with Crippen molar-refractivity contribution in [2.75, 3.05) is 18.7 Å². The Morgan fingerprint density at radius 2 is 1.50 bits per heavy atom. The number of rotatable bonds is 10. The molecule has 0 aliphatic carbocycles. The number of halogens is 1. The lowest BCUT2D eigenvalue weighted by molar-refractivity contribution is 0.0999. The highest BCUT2D eigenvalue weighted by Gasteiger charge is 2.11. The lowest BCUT2D eigenvalue weighted by Gasteiger charge is -2.04. The number of carbonyl (C=O) groups is 1. The SMILES string of the molecule is CS(=O)(=O)OC(=O)OCCCCCCCCCCl. The first-order chi connectivity index (χ1) is 8.45. The van der Waals surface area contributed by atoms with Gasteiger partial charge in [-0.2, -0.15) is 8.42 Å². The number of carbonyl (C=O) groups excluding carboxylic acids is 1. The number of hydrogen-bond acceptors (Lipinski definition) is 5. The van der Waals surface area contributed by atoms with E-state index in [2.05, 4.69) is 8.92 Å². The fourth-order valence-corrected chi connectivity index (χ4v) is 1.87. The predicted octanol–water partition coefficient (Wildman–Crippen LogP) is 3.07. The number of hydrogen-bond donors (Lipinski definition) is 0. The molecule has 7 heteroatoms. The molecular formula is C11H21ClO5S. The van der Waals surface area contributed by atoms with E-state index >= 15 is 0 Å². The van der Waals surface area contributed by atoms with Gasteiger partial charge in [0.1, 0.15) is 0 Å². The van der Waals surface area contributed by atoms with Crippen LogP contribution in [-0.4, -0.2) is 33.3 Å². The normalized spacial score (nSPS) is 11.2. The molecule has 0 aromatic rings. The van der Waals surface area contributed by atoms with Gasteiger partial charge in [-0.15, -0.1) is 11.6 Å². The first-order valence-electron chi connectivity index (χ1n) is 6.08. The third-order valence-corrected chi connectivity index (χ3v) is 2.92. The van der Waals surface area contributed by atoms with Gasteiger partial charge in [-0.25, -0.2) is 4.79 Å². The summed E-state index contributed by atoms with van der Waals surface area (Å²) in [5.74, 6) is 0.719. The number of ether oxygens (including phenoxy) is 1. The second-order valence-corrected chi connectivity index (χ2v) is 6.00. The molecule has 0 rings (SSSR count). The molecule has 0 fully saturated rings. The second kappa shape index (κ2) is 10.4. The van der Waals surface area contributed by atoms with Crippen molar-refractivity contribution in [1.82, 2.24) is 0 Å². The maximum absolute atomic E-state index is 10.8. The third-order valence-electron chi connectivity index (χ3n) is 2.22. The summed E-state index contributed by atoms with van der Waals surface area (Å²) in [6.45, 7) is 0.191. The van der Waals surface area contributed by atoms with Gasteiger partial charge >= 0.3 is 16.3 Å². The van der Waals surface area contributed by atoms with Crippen LogP contribution < -0.4 is 0 Å². The molecule has 0 aromatic carbocycles. The standard InChI is InChI=1S/C11H21ClO5S/c1-18(14,15)17-11(13)16-10-8-6-4-2-3-5-7-9-12/h2-10H2,1H3. The highest BCUT2D eigenvalue weighted by atomic mass is 35.5. The van der Waals surface area contributed by atoms with Crippen molar-refractivity contribution < 1.29 is 22.1 Å². The molecule has 5 nitrogen and oxygen atoms in total. The minimum Gasteiger partial charge on any atom is -0.433 e. The summed E-state index contributed by atoms with van der Waals surface area (Å²) in [6.07, 6.45) is 6.92. The van der Waals surface area contributed by atoms with E-state index in [1.54, 1.807) is 0 Å². The minimum absolute atomic E-state index is 0.191. The quantitative estimate of drug-likeness (QED) is 0.268. The zero-order valence-electron chi connectivity index (χ0n) is 10.7. The first kappa shape index (κ1) is 17.5. The molecule has 0 saturated heterocycles. The van der Waals surface area contributed by atoms with Crippen LogP contribution in [0.3, 0.4) is 0 Å². The Morgan fingerprint density at radius 1 is 1.00 bits per heavy atom. The van der Waals surface area contributed by atoms with Gasteiger partial charge in [0, 0.05) is 5.88 Å². The van der Waals surface area contributed by atoms with Crippen LogP contribution in [0.25, 0.3) is 0 Å². The summed E-state index contributed by atoms with van der Waals surface area (Å²) >= 11 is 5.56. The highest BCUT2D eigenvalue weighted by molar-refractivity contribution is 7.86. The van der Waals surface area contributed by atoms with Gasteiger partial charge in [0.05, 0.1) is 12.9 Å². The Balaban J connectivity index is 3.28. The molecule has 0 bridgehead atoms. The Labute approximate surface area is 114 Å². The monoisotopic (exact) mass is 300 g/mol. The summed E-state index contributed by atoms with van der Waals surface area (Å²) in [4.78, 5) is 10.8. The molecule has 0 N–H and O–H groups in total. The zero-order chi connectivity index (χ0) is 13.9. The third kappa shape index (κ3) is 13.6. The molecule has 0 spiro atoms. The van der Waals surface area contributed by atoms with Crippen LogP contribution in [0.15, 0.2) is 0 Å². The smallest absolute Gasteiger partial charge is 0.433 e. The summed E-state index contributed by atoms with van der Waals surface area (Å²) in [7, 11) is -3.77. The topological polar surface area (TPSA) is 69.7 Å². The largest absolute Gasteiger partial charge is 0.524 e. The van der Waals surface area contributed by atoms with E-state index in [0.29, 0.717) is 6.42 Å². The van der Waals surface area contributed by atoms with Crippen LogP contribution in [0.2, 0.25) is 0 Å². The van der Waals surface area contributed by atoms with Crippen LogP contribution >= 0.6 is 11.6 Å². The fraction of sp³-hybridized carbons (Fsp3) is 0.909. The number of alkyl halides is 1. The summed E-state index contributed by atoms with van der Waals surface area (Å²) in [5, 5.41) is 0. The summed E-state index contributed by atoms with van der Waals surface area (Å²) in [6, 6.07) is 0.